The van der Waals surface area contributed by atoms with E-state index >= 15 is 0 Å². The molecule has 2 N–H and O–H groups in total. The van der Waals surface area contributed by atoms with Gasteiger partial charge in [0.15, 0.2) is 0 Å². The summed E-state index contributed by atoms with van der Waals surface area (Å²) in [6.45, 7) is 10.9. The molecular weight excluding hydrogens is 250 g/mol. The van der Waals surface area contributed by atoms with Crippen LogP contribution in [0.15, 0.2) is 0 Å². The molecule has 0 aromatic heterocycles. The lowest BCUT2D eigenvalue weighted by Gasteiger charge is -2.37. The highest BCUT2D eigenvalue weighted by atomic mass is 16.6. The van der Waals surface area contributed by atoms with E-state index in [1.165, 1.54) is 12.8 Å². The van der Waals surface area contributed by atoms with Gasteiger partial charge in [-0.3, -0.25) is 4.79 Å². The van der Waals surface area contributed by atoms with Gasteiger partial charge in [0.25, 0.3) is 0 Å². The zero-order chi connectivity index (χ0) is 15.4. The van der Waals surface area contributed by atoms with E-state index in [9.17, 15) is 4.79 Å². The van der Waals surface area contributed by atoms with Crippen LogP contribution in [-0.2, 0) is 9.53 Å². The van der Waals surface area contributed by atoms with Crippen molar-refractivity contribution in [3.05, 3.63) is 0 Å². The maximum atomic E-state index is 12.7. The van der Waals surface area contributed by atoms with Crippen LogP contribution in [0.3, 0.4) is 0 Å². The molecule has 1 fully saturated rings. The first kappa shape index (κ1) is 17.5. The second kappa shape index (κ2) is 6.46. The van der Waals surface area contributed by atoms with Gasteiger partial charge in [-0.1, -0.05) is 34.1 Å². The van der Waals surface area contributed by atoms with Gasteiger partial charge in [0.2, 0.25) is 0 Å². The number of hydrogen-bond donors (Lipinski definition) is 1. The lowest BCUT2D eigenvalue weighted by molar-refractivity contribution is -0.173. The molecule has 0 saturated heterocycles. The SMILES string of the molecule is CCCC1(OC(=O)C(C)(CN)CC(C)(C)C)CCCC1. The fourth-order valence-electron chi connectivity index (χ4n) is 3.60. The molecule has 1 saturated carbocycles. The van der Waals surface area contributed by atoms with Gasteiger partial charge >= 0.3 is 5.97 Å². The van der Waals surface area contributed by atoms with Crippen LogP contribution in [0.5, 0.6) is 0 Å². The number of rotatable bonds is 6. The van der Waals surface area contributed by atoms with Crippen molar-refractivity contribution in [1.29, 1.82) is 0 Å². The summed E-state index contributed by atoms with van der Waals surface area (Å²) in [6.07, 6.45) is 7.18. The van der Waals surface area contributed by atoms with Gasteiger partial charge in [-0.2, -0.15) is 0 Å². The predicted octanol–water partition coefficient (Wildman–Crippen LogP) is 4.04. The van der Waals surface area contributed by atoms with Gasteiger partial charge in [-0.05, 0) is 50.9 Å². The minimum Gasteiger partial charge on any atom is -0.459 e. The maximum absolute atomic E-state index is 12.7. The van der Waals surface area contributed by atoms with Crippen molar-refractivity contribution in [1.82, 2.24) is 0 Å². The number of carbonyl (C=O) groups excluding carboxylic acids is 1. The first-order chi connectivity index (χ1) is 9.16. The number of nitrogens with two attached hydrogens (primary N) is 1. The third kappa shape index (κ3) is 4.47. The summed E-state index contributed by atoms with van der Waals surface area (Å²) in [7, 11) is 0. The smallest absolute Gasteiger partial charge is 0.313 e. The number of ether oxygens (including phenoxy) is 1. The molecule has 0 bridgehead atoms. The van der Waals surface area contributed by atoms with Gasteiger partial charge in [-0.25, -0.2) is 0 Å². The quantitative estimate of drug-likeness (QED) is 0.748. The zero-order valence-electron chi connectivity index (χ0n) is 14.1. The highest BCUT2D eigenvalue weighted by Gasteiger charge is 2.43. The molecule has 0 aromatic rings. The Hall–Kier alpha value is -0.570. The molecule has 118 valence electrons. The number of carbonyl (C=O) groups is 1. The number of esters is 1. The standard InChI is InChI=1S/C17H33NO2/c1-6-9-17(10-7-8-11-17)20-14(19)16(5,13-18)12-15(2,3)4/h6-13,18H2,1-5H3. The number of hydrogen-bond acceptors (Lipinski definition) is 3. The van der Waals surface area contributed by atoms with Gasteiger partial charge in [-0.15, -0.1) is 0 Å². The Balaban J connectivity index is 2.80. The van der Waals surface area contributed by atoms with Crippen molar-refractivity contribution < 1.29 is 9.53 Å². The van der Waals surface area contributed by atoms with Crippen LogP contribution in [0, 0.1) is 10.8 Å². The van der Waals surface area contributed by atoms with E-state index in [1.54, 1.807) is 0 Å². The van der Waals surface area contributed by atoms with E-state index in [0.29, 0.717) is 6.54 Å². The Morgan fingerprint density at radius 2 is 1.75 bits per heavy atom. The molecule has 0 aromatic carbocycles. The van der Waals surface area contributed by atoms with Crippen LogP contribution in [0.2, 0.25) is 0 Å². The van der Waals surface area contributed by atoms with E-state index in [-0.39, 0.29) is 17.0 Å². The maximum Gasteiger partial charge on any atom is 0.313 e. The summed E-state index contributed by atoms with van der Waals surface area (Å²) in [6, 6.07) is 0. The third-order valence-corrected chi connectivity index (χ3v) is 4.39. The molecule has 3 heteroatoms. The van der Waals surface area contributed by atoms with Crippen LogP contribution >= 0.6 is 0 Å². The molecule has 1 unspecified atom stereocenters. The summed E-state index contributed by atoms with van der Waals surface area (Å²) in [5, 5.41) is 0. The first-order valence-electron chi connectivity index (χ1n) is 8.10. The van der Waals surface area contributed by atoms with E-state index in [4.69, 9.17) is 10.5 Å². The fraction of sp³-hybridized carbons (Fsp3) is 0.941. The second-order valence-electron chi connectivity index (χ2n) is 8.03. The average Bonchev–Trinajstić information content (AvgIpc) is 2.75. The Kier molecular flexibility index (Phi) is 5.65. The molecule has 0 amide bonds. The van der Waals surface area contributed by atoms with Gasteiger partial charge in [0, 0.05) is 6.54 Å². The van der Waals surface area contributed by atoms with Crippen molar-refractivity contribution in [2.24, 2.45) is 16.6 Å². The predicted molar refractivity (Wildman–Crippen MR) is 83.4 cm³/mol. The normalized spacial score (nSPS) is 21.5. The minimum atomic E-state index is -0.568. The highest BCUT2D eigenvalue weighted by Crippen LogP contribution is 2.41. The molecule has 0 spiro atoms. The van der Waals surface area contributed by atoms with E-state index < -0.39 is 5.41 Å². The third-order valence-electron chi connectivity index (χ3n) is 4.39. The van der Waals surface area contributed by atoms with Crippen molar-refractivity contribution in [2.75, 3.05) is 6.54 Å². The Morgan fingerprint density at radius 3 is 2.15 bits per heavy atom. The molecule has 1 aliphatic carbocycles. The van der Waals surface area contributed by atoms with Gasteiger partial charge in [0.05, 0.1) is 5.41 Å². The van der Waals surface area contributed by atoms with Crippen LogP contribution in [0.4, 0.5) is 0 Å². The molecule has 1 atom stereocenters. The Morgan fingerprint density at radius 1 is 1.20 bits per heavy atom. The average molecular weight is 283 g/mol. The first-order valence-corrected chi connectivity index (χ1v) is 8.10. The molecule has 20 heavy (non-hydrogen) atoms. The summed E-state index contributed by atoms with van der Waals surface area (Å²) in [5.41, 5.74) is 5.20. The molecule has 0 radical (unpaired) electrons. The van der Waals surface area contributed by atoms with Crippen molar-refractivity contribution in [2.45, 2.75) is 85.2 Å². The molecular formula is C17H33NO2. The monoisotopic (exact) mass is 283 g/mol. The van der Waals surface area contributed by atoms with E-state index in [1.807, 2.05) is 6.92 Å². The van der Waals surface area contributed by atoms with Crippen molar-refractivity contribution in [3.63, 3.8) is 0 Å². The van der Waals surface area contributed by atoms with Crippen LogP contribution in [0.1, 0.15) is 79.6 Å². The molecule has 1 aliphatic rings. The second-order valence-corrected chi connectivity index (χ2v) is 8.03. The topological polar surface area (TPSA) is 52.3 Å². The summed E-state index contributed by atoms with van der Waals surface area (Å²) in [5.74, 6) is -0.0923. The van der Waals surface area contributed by atoms with Gasteiger partial charge < -0.3 is 10.5 Å². The zero-order valence-corrected chi connectivity index (χ0v) is 14.1. The van der Waals surface area contributed by atoms with Crippen molar-refractivity contribution >= 4 is 5.97 Å². The lowest BCUT2D eigenvalue weighted by atomic mass is 9.75. The summed E-state index contributed by atoms with van der Waals surface area (Å²) < 4.78 is 6.02. The van der Waals surface area contributed by atoms with E-state index in [2.05, 4.69) is 27.7 Å². The minimum absolute atomic E-state index is 0.0702. The van der Waals surface area contributed by atoms with Crippen LogP contribution < -0.4 is 5.73 Å². The van der Waals surface area contributed by atoms with E-state index in [0.717, 1.165) is 32.1 Å². The Labute approximate surface area is 124 Å². The summed E-state index contributed by atoms with van der Waals surface area (Å²) >= 11 is 0. The lowest BCUT2D eigenvalue weighted by Crippen LogP contribution is -2.44. The fourth-order valence-corrected chi connectivity index (χ4v) is 3.60. The molecule has 1 rings (SSSR count). The summed E-state index contributed by atoms with van der Waals surface area (Å²) in [4.78, 5) is 12.7. The van der Waals surface area contributed by atoms with Gasteiger partial charge in [0.1, 0.15) is 5.60 Å². The molecule has 3 nitrogen and oxygen atoms in total. The molecule has 0 aliphatic heterocycles. The Bertz CT molecular complexity index is 326. The largest absolute Gasteiger partial charge is 0.459 e. The van der Waals surface area contributed by atoms with Crippen LogP contribution in [-0.4, -0.2) is 18.1 Å². The highest BCUT2D eigenvalue weighted by molar-refractivity contribution is 5.77. The molecule has 0 heterocycles. The van der Waals surface area contributed by atoms with Crippen molar-refractivity contribution in [3.8, 4) is 0 Å². The van der Waals surface area contributed by atoms with Crippen LogP contribution in [0.25, 0.3) is 0 Å².